The quantitative estimate of drug-likeness (QED) is 0.642. The molecule has 98 valence electrons. The minimum Gasteiger partial charge on any atom is -0.349 e. The lowest BCUT2D eigenvalue weighted by molar-refractivity contribution is 0.0933. The standard InChI is InChI=1S/C12H17N3O2S/c1-7-9(11(18-2)15-12(17)13-7)10(16)14-8-5-3-4-6-8/h8H,3-6H2,1-2H3,(H,14,16)(H,13,15,17). The third kappa shape index (κ3) is 2.75. The monoisotopic (exact) mass is 267 g/mol. The van der Waals surface area contributed by atoms with Gasteiger partial charge in [0.25, 0.3) is 5.91 Å². The molecule has 1 aliphatic carbocycles. The molecule has 0 aromatic carbocycles. The summed E-state index contributed by atoms with van der Waals surface area (Å²) in [5.74, 6) is -0.132. The van der Waals surface area contributed by atoms with Crippen LogP contribution in [-0.2, 0) is 0 Å². The number of amides is 1. The summed E-state index contributed by atoms with van der Waals surface area (Å²) in [5.41, 5.74) is 0.665. The predicted octanol–water partition coefficient (Wildman–Crippen LogP) is 1.47. The number of aromatic amines is 1. The molecule has 1 heterocycles. The molecular weight excluding hydrogens is 250 g/mol. The van der Waals surface area contributed by atoms with E-state index in [4.69, 9.17) is 0 Å². The predicted molar refractivity (Wildman–Crippen MR) is 71.1 cm³/mol. The van der Waals surface area contributed by atoms with Gasteiger partial charge in [0.2, 0.25) is 0 Å². The van der Waals surface area contributed by atoms with E-state index in [1.165, 1.54) is 24.6 Å². The van der Waals surface area contributed by atoms with Crippen molar-refractivity contribution in [2.45, 2.75) is 43.7 Å². The van der Waals surface area contributed by atoms with Crippen LogP contribution in [0.1, 0.15) is 41.7 Å². The van der Waals surface area contributed by atoms with Crippen LogP contribution in [0.15, 0.2) is 9.82 Å². The number of H-pyrrole nitrogens is 1. The molecule has 18 heavy (non-hydrogen) atoms. The van der Waals surface area contributed by atoms with Crippen LogP contribution in [0.5, 0.6) is 0 Å². The Morgan fingerprint density at radius 3 is 2.72 bits per heavy atom. The van der Waals surface area contributed by atoms with Crippen LogP contribution >= 0.6 is 11.8 Å². The third-order valence-corrected chi connectivity index (χ3v) is 3.88. The van der Waals surface area contributed by atoms with E-state index in [0.29, 0.717) is 16.3 Å². The van der Waals surface area contributed by atoms with Crippen molar-refractivity contribution in [3.05, 3.63) is 21.7 Å². The maximum absolute atomic E-state index is 12.2. The highest BCUT2D eigenvalue weighted by Gasteiger charge is 2.22. The molecule has 0 aliphatic heterocycles. The maximum atomic E-state index is 12.2. The summed E-state index contributed by atoms with van der Waals surface area (Å²) in [6.45, 7) is 1.73. The van der Waals surface area contributed by atoms with Crippen LogP contribution in [-0.4, -0.2) is 28.2 Å². The first-order valence-corrected chi connectivity index (χ1v) is 7.30. The Morgan fingerprint density at radius 2 is 2.11 bits per heavy atom. The van der Waals surface area contributed by atoms with E-state index in [2.05, 4.69) is 15.3 Å². The molecule has 0 bridgehead atoms. The van der Waals surface area contributed by atoms with E-state index in [9.17, 15) is 9.59 Å². The number of carbonyl (C=O) groups is 1. The minimum atomic E-state index is -0.408. The SMILES string of the molecule is CSc1nc(=O)[nH]c(C)c1C(=O)NC1CCCC1. The van der Waals surface area contributed by atoms with Crippen molar-refractivity contribution >= 4 is 17.7 Å². The number of aromatic nitrogens is 2. The van der Waals surface area contributed by atoms with Crippen molar-refractivity contribution in [3.63, 3.8) is 0 Å². The van der Waals surface area contributed by atoms with Crippen LogP contribution < -0.4 is 11.0 Å². The number of rotatable bonds is 3. The first-order valence-electron chi connectivity index (χ1n) is 6.07. The average Bonchev–Trinajstić information content (AvgIpc) is 2.80. The summed E-state index contributed by atoms with van der Waals surface area (Å²) >= 11 is 1.32. The molecule has 2 rings (SSSR count). The van der Waals surface area contributed by atoms with Crippen LogP contribution in [0.2, 0.25) is 0 Å². The lowest BCUT2D eigenvalue weighted by atomic mass is 10.2. The Kier molecular flexibility index (Phi) is 4.06. The molecule has 6 heteroatoms. The summed E-state index contributed by atoms with van der Waals surface area (Å²) in [6, 6.07) is 0.263. The van der Waals surface area contributed by atoms with Gasteiger partial charge < -0.3 is 10.3 Å². The second kappa shape index (κ2) is 5.56. The summed E-state index contributed by atoms with van der Waals surface area (Å²) < 4.78 is 0. The smallest absolute Gasteiger partial charge is 0.346 e. The van der Waals surface area contributed by atoms with E-state index < -0.39 is 5.69 Å². The highest BCUT2D eigenvalue weighted by atomic mass is 32.2. The van der Waals surface area contributed by atoms with Crippen LogP contribution in [0.3, 0.4) is 0 Å². The first-order chi connectivity index (χ1) is 8.61. The number of nitrogens with one attached hydrogen (secondary N) is 2. The fourth-order valence-electron chi connectivity index (χ4n) is 2.30. The molecule has 5 nitrogen and oxygen atoms in total. The Balaban J connectivity index is 2.25. The second-order valence-electron chi connectivity index (χ2n) is 4.51. The molecule has 1 aliphatic rings. The largest absolute Gasteiger partial charge is 0.349 e. The zero-order valence-electron chi connectivity index (χ0n) is 10.6. The van der Waals surface area contributed by atoms with Crippen molar-refractivity contribution in [1.82, 2.24) is 15.3 Å². The number of thioether (sulfide) groups is 1. The number of aryl methyl sites for hydroxylation is 1. The normalized spacial score (nSPS) is 15.9. The van der Waals surface area contributed by atoms with E-state index in [1.54, 1.807) is 6.92 Å². The van der Waals surface area contributed by atoms with E-state index in [-0.39, 0.29) is 11.9 Å². The molecule has 2 N–H and O–H groups in total. The van der Waals surface area contributed by atoms with Crippen molar-refractivity contribution in [3.8, 4) is 0 Å². The molecule has 0 atom stereocenters. The Labute approximate surface area is 110 Å². The average molecular weight is 267 g/mol. The lowest BCUT2D eigenvalue weighted by Crippen LogP contribution is -2.34. The van der Waals surface area contributed by atoms with Gasteiger partial charge in [0.05, 0.1) is 5.56 Å². The van der Waals surface area contributed by atoms with E-state index in [1.807, 2.05) is 6.26 Å². The van der Waals surface area contributed by atoms with Gasteiger partial charge in [0.15, 0.2) is 0 Å². The summed E-state index contributed by atoms with van der Waals surface area (Å²) in [7, 11) is 0. The second-order valence-corrected chi connectivity index (χ2v) is 5.30. The number of nitrogens with zero attached hydrogens (tertiary/aromatic N) is 1. The topological polar surface area (TPSA) is 74.8 Å². The van der Waals surface area contributed by atoms with Gasteiger partial charge in [0, 0.05) is 11.7 Å². The molecule has 1 aromatic heterocycles. The van der Waals surface area contributed by atoms with E-state index >= 15 is 0 Å². The molecule has 1 amide bonds. The van der Waals surface area contributed by atoms with Gasteiger partial charge in [-0.15, -0.1) is 11.8 Å². The number of hydrogen-bond donors (Lipinski definition) is 2. The molecule has 1 aromatic rings. The number of hydrogen-bond acceptors (Lipinski definition) is 4. The fourth-order valence-corrected chi connectivity index (χ4v) is 2.93. The van der Waals surface area contributed by atoms with Gasteiger partial charge in [-0.25, -0.2) is 4.79 Å². The van der Waals surface area contributed by atoms with Crippen molar-refractivity contribution < 1.29 is 4.79 Å². The Hall–Kier alpha value is -1.30. The zero-order chi connectivity index (χ0) is 13.1. The van der Waals surface area contributed by atoms with Crippen LogP contribution in [0.25, 0.3) is 0 Å². The summed E-state index contributed by atoms with van der Waals surface area (Å²) in [5, 5.41) is 3.51. The highest BCUT2D eigenvalue weighted by Crippen LogP contribution is 2.21. The summed E-state index contributed by atoms with van der Waals surface area (Å²) in [6.07, 6.45) is 6.23. The van der Waals surface area contributed by atoms with Gasteiger partial charge in [0.1, 0.15) is 5.03 Å². The third-order valence-electron chi connectivity index (χ3n) is 3.20. The minimum absolute atomic E-state index is 0.132. The van der Waals surface area contributed by atoms with E-state index in [0.717, 1.165) is 12.8 Å². The van der Waals surface area contributed by atoms with Gasteiger partial charge in [-0.05, 0) is 26.0 Å². The zero-order valence-corrected chi connectivity index (χ0v) is 11.4. The van der Waals surface area contributed by atoms with Crippen LogP contribution in [0.4, 0.5) is 0 Å². The molecule has 0 saturated heterocycles. The van der Waals surface area contributed by atoms with Gasteiger partial charge in [-0.3, -0.25) is 4.79 Å². The molecule has 1 saturated carbocycles. The Bertz CT molecular complexity index is 507. The van der Waals surface area contributed by atoms with Gasteiger partial charge in [-0.2, -0.15) is 4.98 Å². The lowest BCUT2D eigenvalue weighted by Gasteiger charge is -2.14. The van der Waals surface area contributed by atoms with Gasteiger partial charge in [-0.1, -0.05) is 12.8 Å². The first kappa shape index (κ1) is 13.1. The Morgan fingerprint density at radius 1 is 1.44 bits per heavy atom. The molecule has 0 unspecified atom stereocenters. The molecular formula is C12H17N3O2S. The molecule has 1 fully saturated rings. The fraction of sp³-hybridized carbons (Fsp3) is 0.583. The highest BCUT2D eigenvalue weighted by molar-refractivity contribution is 7.98. The van der Waals surface area contributed by atoms with Crippen molar-refractivity contribution in [2.75, 3.05) is 6.26 Å². The van der Waals surface area contributed by atoms with Gasteiger partial charge >= 0.3 is 5.69 Å². The molecule has 0 radical (unpaired) electrons. The van der Waals surface area contributed by atoms with Crippen LogP contribution in [0, 0.1) is 6.92 Å². The summed E-state index contributed by atoms with van der Waals surface area (Å²) in [4.78, 5) is 29.9. The maximum Gasteiger partial charge on any atom is 0.346 e. The molecule has 0 spiro atoms. The van der Waals surface area contributed by atoms with Crippen molar-refractivity contribution in [2.24, 2.45) is 0 Å². The number of carbonyl (C=O) groups excluding carboxylic acids is 1. The van der Waals surface area contributed by atoms with Crippen molar-refractivity contribution in [1.29, 1.82) is 0 Å².